The van der Waals surface area contributed by atoms with Crippen LogP contribution in [0.2, 0.25) is 0 Å². The van der Waals surface area contributed by atoms with E-state index in [2.05, 4.69) is 0 Å². The Morgan fingerprint density at radius 1 is 1.40 bits per heavy atom. The number of aliphatic hydroxyl groups excluding tert-OH is 1. The molecule has 1 spiro atoms. The zero-order chi connectivity index (χ0) is 14.3. The van der Waals surface area contributed by atoms with Gasteiger partial charge in [0.15, 0.2) is 5.75 Å². The van der Waals surface area contributed by atoms with Crippen LogP contribution in [-0.2, 0) is 0 Å². The average molecular weight is 281 g/mol. The van der Waals surface area contributed by atoms with Crippen LogP contribution in [0.25, 0.3) is 0 Å². The Bertz CT molecular complexity index is 542. The van der Waals surface area contributed by atoms with Gasteiger partial charge >= 0.3 is 5.69 Å². The summed E-state index contributed by atoms with van der Waals surface area (Å²) in [7, 11) is 0. The van der Waals surface area contributed by atoms with E-state index in [1.807, 2.05) is 0 Å². The SMILES string of the molecule is O=[N+]([O-])c1ccc(F)cc1OC1CC(O)C12CCCC2. The van der Waals surface area contributed by atoms with Gasteiger partial charge in [0.2, 0.25) is 0 Å². The molecule has 20 heavy (non-hydrogen) atoms. The Hall–Kier alpha value is -1.69. The minimum atomic E-state index is -0.578. The number of aliphatic hydroxyl groups is 1. The fraction of sp³-hybridized carbons (Fsp3) is 0.571. The predicted octanol–water partition coefficient (Wildman–Crippen LogP) is 2.81. The summed E-state index contributed by atoms with van der Waals surface area (Å²) in [5.74, 6) is -0.607. The van der Waals surface area contributed by atoms with Crippen molar-refractivity contribution in [2.24, 2.45) is 5.41 Å². The number of halogens is 1. The first-order chi connectivity index (χ1) is 9.53. The molecule has 108 valence electrons. The summed E-state index contributed by atoms with van der Waals surface area (Å²) >= 11 is 0. The number of rotatable bonds is 3. The first kappa shape index (κ1) is 13.3. The van der Waals surface area contributed by atoms with Crippen molar-refractivity contribution in [2.75, 3.05) is 0 Å². The van der Waals surface area contributed by atoms with Gasteiger partial charge in [0.1, 0.15) is 11.9 Å². The predicted molar refractivity (Wildman–Crippen MR) is 69.0 cm³/mol. The van der Waals surface area contributed by atoms with E-state index < -0.39 is 16.8 Å². The Labute approximate surface area is 115 Å². The maximum absolute atomic E-state index is 13.3. The Kier molecular flexibility index (Phi) is 3.12. The second kappa shape index (κ2) is 4.70. The fourth-order valence-corrected chi connectivity index (χ4v) is 3.47. The summed E-state index contributed by atoms with van der Waals surface area (Å²) in [6, 6.07) is 3.21. The highest BCUT2D eigenvalue weighted by Gasteiger charge is 2.57. The molecule has 0 radical (unpaired) electrons. The Balaban J connectivity index is 1.85. The van der Waals surface area contributed by atoms with Crippen LogP contribution in [-0.4, -0.2) is 22.2 Å². The van der Waals surface area contributed by atoms with Gasteiger partial charge in [-0.05, 0) is 18.9 Å². The number of nitrogens with zero attached hydrogens (tertiary/aromatic N) is 1. The molecule has 2 fully saturated rings. The van der Waals surface area contributed by atoms with Gasteiger partial charge in [-0.25, -0.2) is 4.39 Å². The van der Waals surface area contributed by atoms with Crippen molar-refractivity contribution in [3.8, 4) is 5.75 Å². The second-order valence-electron chi connectivity index (χ2n) is 5.67. The quantitative estimate of drug-likeness (QED) is 0.683. The zero-order valence-electron chi connectivity index (χ0n) is 10.9. The molecule has 2 saturated carbocycles. The summed E-state index contributed by atoms with van der Waals surface area (Å²) in [6.45, 7) is 0. The highest BCUT2D eigenvalue weighted by molar-refractivity contribution is 5.46. The standard InChI is InChI=1S/C14H16FNO4/c15-9-3-4-10(16(18)19)11(7-9)20-13-8-12(17)14(13)5-1-2-6-14/h3-4,7,12-13,17H,1-2,5-6,8H2. The van der Waals surface area contributed by atoms with Gasteiger partial charge < -0.3 is 9.84 Å². The molecular formula is C14H16FNO4. The lowest BCUT2D eigenvalue weighted by Gasteiger charge is -2.50. The van der Waals surface area contributed by atoms with Crippen LogP contribution >= 0.6 is 0 Å². The van der Waals surface area contributed by atoms with Crippen LogP contribution in [0.5, 0.6) is 5.75 Å². The van der Waals surface area contributed by atoms with Crippen molar-refractivity contribution in [1.29, 1.82) is 0 Å². The van der Waals surface area contributed by atoms with Crippen LogP contribution in [0, 0.1) is 21.3 Å². The molecule has 0 amide bonds. The number of benzene rings is 1. The van der Waals surface area contributed by atoms with Gasteiger partial charge in [0.25, 0.3) is 0 Å². The number of nitro groups is 1. The third-order valence-electron chi connectivity index (χ3n) is 4.66. The second-order valence-corrected chi connectivity index (χ2v) is 5.67. The first-order valence-electron chi connectivity index (χ1n) is 6.81. The lowest BCUT2D eigenvalue weighted by atomic mass is 9.62. The van der Waals surface area contributed by atoms with Gasteiger partial charge in [-0.3, -0.25) is 10.1 Å². The van der Waals surface area contributed by atoms with Crippen LogP contribution < -0.4 is 4.74 Å². The van der Waals surface area contributed by atoms with Crippen molar-refractivity contribution >= 4 is 5.69 Å². The van der Waals surface area contributed by atoms with Gasteiger partial charge in [0.05, 0.1) is 11.0 Å². The average Bonchev–Trinajstić information content (AvgIpc) is 2.90. The van der Waals surface area contributed by atoms with Crippen molar-refractivity contribution in [3.05, 3.63) is 34.1 Å². The van der Waals surface area contributed by atoms with E-state index in [0.29, 0.717) is 6.42 Å². The molecule has 3 rings (SSSR count). The van der Waals surface area contributed by atoms with Crippen LogP contribution in [0.1, 0.15) is 32.1 Å². The molecule has 1 N–H and O–H groups in total. The molecule has 5 nitrogen and oxygen atoms in total. The van der Waals surface area contributed by atoms with Gasteiger partial charge in [-0.1, -0.05) is 12.8 Å². The molecule has 0 aliphatic heterocycles. The normalized spacial score (nSPS) is 27.3. The van der Waals surface area contributed by atoms with Crippen molar-refractivity contribution in [3.63, 3.8) is 0 Å². The van der Waals surface area contributed by atoms with E-state index >= 15 is 0 Å². The highest BCUT2D eigenvalue weighted by atomic mass is 19.1. The van der Waals surface area contributed by atoms with E-state index in [9.17, 15) is 19.6 Å². The largest absolute Gasteiger partial charge is 0.483 e. The number of nitro benzene ring substituents is 1. The van der Waals surface area contributed by atoms with Crippen molar-refractivity contribution < 1.29 is 19.2 Å². The van der Waals surface area contributed by atoms with E-state index in [4.69, 9.17) is 4.74 Å². The smallest absolute Gasteiger partial charge is 0.311 e. The summed E-state index contributed by atoms with van der Waals surface area (Å²) < 4.78 is 19.0. The van der Waals surface area contributed by atoms with E-state index in [-0.39, 0.29) is 23.0 Å². The maximum atomic E-state index is 13.3. The minimum absolute atomic E-state index is 0.0434. The van der Waals surface area contributed by atoms with Crippen LogP contribution in [0.4, 0.5) is 10.1 Å². The molecule has 1 aromatic carbocycles. The van der Waals surface area contributed by atoms with Crippen molar-refractivity contribution in [2.45, 2.75) is 44.3 Å². The monoisotopic (exact) mass is 281 g/mol. The summed E-state index contributed by atoms with van der Waals surface area (Å²) in [6.07, 6.45) is 3.56. The molecule has 6 heteroatoms. The van der Waals surface area contributed by atoms with E-state index in [1.54, 1.807) is 0 Å². The molecule has 2 atom stereocenters. The molecule has 0 saturated heterocycles. The molecular weight excluding hydrogens is 265 g/mol. The lowest BCUT2D eigenvalue weighted by Crippen LogP contribution is -2.58. The van der Waals surface area contributed by atoms with E-state index in [1.165, 1.54) is 0 Å². The Morgan fingerprint density at radius 2 is 2.10 bits per heavy atom. The number of hydrogen-bond donors (Lipinski definition) is 1. The number of hydrogen-bond acceptors (Lipinski definition) is 4. The third kappa shape index (κ3) is 1.95. The third-order valence-corrected chi connectivity index (χ3v) is 4.66. The molecule has 2 unspecified atom stereocenters. The molecule has 2 aliphatic carbocycles. The molecule has 1 aromatic rings. The molecule has 2 aliphatic rings. The van der Waals surface area contributed by atoms with Crippen molar-refractivity contribution in [1.82, 2.24) is 0 Å². The molecule has 0 bridgehead atoms. The fourth-order valence-electron chi connectivity index (χ4n) is 3.47. The minimum Gasteiger partial charge on any atom is -0.483 e. The van der Waals surface area contributed by atoms with Gasteiger partial charge in [-0.2, -0.15) is 0 Å². The number of ether oxygens (including phenoxy) is 1. The topological polar surface area (TPSA) is 72.6 Å². The van der Waals surface area contributed by atoms with Crippen LogP contribution in [0.15, 0.2) is 18.2 Å². The van der Waals surface area contributed by atoms with Crippen LogP contribution in [0.3, 0.4) is 0 Å². The Morgan fingerprint density at radius 3 is 2.70 bits per heavy atom. The summed E-state index contributed by atoms with van der Waals surface area (Å²) in [5, 5.41) is 20.9. The lowest BCUT2D eigenvalue weighted by molar-refractivity contribution is -0.386. The summed E-state index contributed by atoms with van der Waals surface area (Å²) in [5.41, 5.74) is -0.527. The summed E-state index contributed by atoms with van der Waals surface area (Å²) in [4.78, 5) is 10.4. The van der Waals surface area contributed by atoms with E-state index in [0.717, 1.165) is 43.9 Å². The maximum Gasteiger partial charge on any atom is 0.311 e. The molecule has 0 heterocycles. The molecule has 0 aromatic heterocycles. The van der Waals surface area contributed by atoms with Gasteiger partial charge in [0, 0.05) is 24.0 Å². The van der Waals surface area contributed by atoms with Gasteiger partial charge in [-0.15, -0.1) is 0 Å². The first-order valence-corrected chi connectivity index (χ1v) is 6.81. The highest BCUT2D eigenvalue weighted by Crippen LogP contribution is 2.55. The zero-order valence-corrected chi connectivity index (χ0v) is 10.9.